The lowest BCUT2D eigenvalue weighted by Crippen LogP contribution is -2.25. The lowest BCUT2D eigenvalue weighted by atomic mass is 10.0. The molecule has 0 saturated heterocycles. The van der Waals surface area contributed by atoms with Crippen molar-refractivity contribution in [3.8, 4) is 32.8 Å². The van der Waals surface area contributed by atoms with Gasteiger partial charge in [0.05, 0.1) is 16.5 Å². The predicted molar refractivity (Wildman–Crippen MR) is 139 cm³/mol. The van der Waals surface area contributed by atoms with E-state index in [0.717, 1.165) is 28.3 Å². The van der Waals surface area contributed by atoms with Gasteiger partial charge in [0, 0.05) is 36.4 Å². The highest BCUT2D eigenvalue weighted by Gasteiger charge is 2.25. The molecule has 0 aliphatic heterocycles. The molecule has 5 nitrogen and oxygen atoms in total. The molecule has 0 fully saturated rings. The Bertz CT molecular complexity index is 1300. The Hall–Kier alpha value is -2.66. The number of thiazole rings is 1. The van der Waals surface area contributed by atoms with E-state index in [1.54, 1.807) is 17.6 Å². The van der Waals surface area contributed by atoms with Crippen LogP contribution in [0.15, 0.2) is 42.6 Å². The van der Waals surface area contributed by atoms with E-state index in [-0.39, 0.29) is 12.1 Å². The average Bonchev–Trinajstić information content (AvgIpc) is 3.40. The van der Waals surface area contributed by atoms with Gasteiger partial charge in [0.25, 0.3) is 0 Å². The van der Waals surface area contributed by atoms with E-state index in [2.05, 4.69) is 40.4 Å². The van der Waals surface area contributed by atoms with Crippen molar-refractivity contribution in [3.63, 3.8) is 0 Å². The van der Waals surface area contributed by atoms with Crippen molar-refractivity contribution in [2.24, 2.45) is 0 Å². The molecule has 1 N–H and O–H groups in total. The molecule has 2 atom stereocenters. The van der Waals surface area contributed by atoms with Crippen LogP contribution in [-0.4, -0.2) is 39.7 Å². The fourth-order valence-corrected chi connectivity index (χ4v) is 5.70. The summed E-state index contributed by atoms with van der Waals surface area (Å²) >= 11 is 1.64. The summed E-state index contributed by atoms with van der Waals surface area (Å²) in [6, 6.07) is 14.6. The first-order valence-electron chi connectivity index (χ1n) is 11.1. The van der Waals surface area contributed by atoms with E-state index in [9.17, 15) is 9.47 Å². The fraction of sp³-hybridized carbons (Fsp3) is 0.346. The van der Waals surface area contributed by atoms with Crippen molar-refractivity contribution >= 4 is 26.7 Å². The highest BCUT2D eigenvalue weighted by molar-refractivity contribution is 7.99. The zero-order chi connectivity index (χ0) is 23.6. The Morgan fingerprint density at radius 3 is 2.91 bits per heavy atom. The first kappa shape index (κ1) is 23.5. The average molecular weight is 480 g/mol. The Balaban J connectivity index is 1.57. The third-order valence-electron chi connectivity index (χ3n) is 5.68. The molecule has 4 rings (SSSR count). The Kier molecular flexibility index (Phi) is 6.89. The van der Waals surface area contributed by atoms with Crippen molar-refractivity contribution in [3.05, 3.63) is 59.3 Å². The van der Waals surface area contributed by atoms with Crippen LogP contribution >= 0.6 is 11.3 Å². The van der Waals surface area contributed by atoms with Crippen LogP contribution in [-0.2, 0) is 15.9 Å². The van der Waals surface area contributed by atoms with Gasteiger partial charge >= 0.3 is 0 Å². The molecule has 0 bridgehead atoms. The van der Waals surface area contributed by atoms with Gasteiger partial charge in [-0.15, -0.1) is 11.3 Å². The van der Waals surface area contributed by atoms with E-state index in [4.69, 9.17) is 4.74 Å². The summed E-state index contributed by atoms with van der Waals surface area (Å²) in [6.45, 7) is 4.60. The third-order valence-corrected chi connectivity index (χ3v) is 7.82. The lowest BCUT2D eigenvalue weighted by Gasteiger charge is -2.15. The summed E-state index contributed by atoms with van der Waals surface area (Å²) in [5, 5.41) is 14.0. The number of nitriles is 1. The molecule has 0 saturated carbocycles. The SMILES string of the molecule is C=S(C)(=O)CCN[C@H]1CCc2c(-c3cnc(-c4ccc(OC(C)C)c(C#N)c4)s3)cccc21. The monoisotopic (exact) mass is 479 g/mol. The zero-order valence-electron chi connectivity index (χ0n) is 19.3. The summed E-state index contributed by atoms with van der Waals surface area (Å²) in [7, 11) is -1.98. The summed E-state index contributed by atoms with van der Waals surface area (Å²) < 4.78 is 17.6. The van der Waals surface area contributed by atoms with Gasteiger partial charge in [-0.3, -0.25) is 4.21 Å². The highest BCUT2D eigenvalue weighted by atomic mass is 32.2. The van der Waals surface area contributed by atoms with E-state index < -0.39 is 9.52 Å². The van der Waals surface area contributed by atoms with Crippen molar-refractivity contribution in [1.82, 2.24) is 10.3 Å². The summed E-state index contributed by atoms with van der Waals surface area (Å²) in [5.41, 5.74) is 5.33. The Morgan fingerprint density at radius 2 is 2.18 bits per heavy atom. The minimum atomic E-state index is -1.98. The van der Waals surface area contributed by atoms with Crippen LogP contribution in [0.3, 0.4) is 0 Å². The van der Waals surface area contributed by atoms with Gasteiger partial charge in [-0.2, -0.15) is 5.26 Å². The van der Waals surface area contributed by atoms with Crippen LogP contribution in [0, 0.1) is 11.3 Å². The number of rotatable bonds is 8. The predicted octanol–water partition coefficient (Wildman–Crippen LogP) is 5.06. The van der Waals surface area contributed by atoms with Gasteiger partial charge in [-0.1, -0.05) is 18.2 Å². The second kappa shape index (κ2) is 9.68. The number of benzene rings is 2. The zero-order valence-corrected chi connectivity index (χ0v) is 20.9. The van der Waals surface area contributed by atoms with Gasteiger partial charge in [0.1, 0.15) is 16.8 Å². The summed E-state index contributed by atoms with van der Waals surface area (Å²) in [6.07, 6.45) is 5.68. The minimum Gasteiger partial charge on any atom is -0.490 e. The number of aromatic nitrogens is 1. The molecule has 0 amide bonds. The van der Waals surface area contributed by atoms with E-state index in [1.165, 1.54) is 16.7 Å². The summed E-state index contributed by atoms with van der Waals surface area (Å²) in [4.78, 5) is 5.79. The Morgan fingerprint density at radius 1 is 1.36 bits per heavy atom. The van der Waals surface area contributed by atoms with Crippen molar-refractivity contribution in [2.75, 3.05) is 18.6 Å². The minimum absolute atomic E-state index is 0.0117. The van der Waals surface area contributed by atoms with Gasteiger partial charge in [0.15, 0.2) is 0 Å². The largest absolute Gasteiger partial charge is 0.490 e. The molecule has 0 spiro atoms. The maximum Gasteiger partial charge on any atom is 0.137 e. The molecule has 1 aromatic heterocycles. The number of nitrogens with zero attached hydrogens (tertiary/aromatic N) is 2. The van der Waals surface area contributed by atoms with E-state index >= 15 is 0 Å². The van der Waals surface area contributed by atoms with Gasteiger partial charge in [-0.05, 0) is 77.0 Å². The second-order valence-electron chi connectivity index (χ2n) is 8.83. The quantitative estimate of drug-likeness (QED) is 0.457. The van der Waals surface area contributed by atoms with Crippen LogP contribution in [0.25, 0.3) is 21.0 Å². The van der Waals surface area contributed by atoms with E-state index in [1.807, 2.05) is 38.2 Å². The number of hydrogen-bond acceptors (Lipinski definition) is 6. The topological polar surface area (TPSA) is 75.0 Å². The molecular formula is C26H29N3O2S2. The third kappa shape index (κ3) is 5.47. The van der Waals surface area contributed by atoms with Gasteiger partial charge in [0.2, 0.25) is 0 Å². The van der Waals surface area contributed by atoms with Gasteiger partial charge < -0.3 is 10.1 Å². The lowest BCUT2D eigenvalue weighted by molar-refractivity contribution is 0.242. The molecule has 172 valence electrons. The molecule has 0 radical (unpaired) electrons. The smallest absolute Gasteiger partial charge is 0.137 e. The normalized spacial score (nSPS) is 16.9. The number of hydrogen-bond donors (Lipinski definition) is 1. The maximum absolute atomic E-state index is 11.9. The molecule has 1 aliphatic carbocycles. The molecule has 33 heavy (non-hydrogen) atoms. The number of fused-ring (bicyclic) bond motifs is 1. The van der Waals surface area contributed by atoms with Crippen molar-refractivity contribution in [2.45, 2.75) is 38.8 Å². The van der Waals surface area contributed by atoms with Crippen molar-refractivity contribution < 1.29 is 8.95 Å². The van der Waals surface area contributed by atoms with Crippen molar-refractivity contribution in [1.29, 1.82) is 5.26 Å². The molecule has 7 heteroatoms. The first-order valence-corrected chi connectivity index (χ1v) is 14.2. The first-order chi connectivity index (χ1) is 15.7. The maximum atomic E-state index is 11.9. The summed E-state index contributed by atoms with van der Waals surface area (Å²) in [5.74, 6) is 4.93. The van der Waals surface area contributed by atoms with Gasteiger partial charge in [-0.25, -0.2) is 4.98 Å². The fourth-order valence-electron chi connectivity index (χ4n) is 4.19. The van der Waals surface area contributed by atoms with Crippen LogP contribution in [0.4, 0.5) is 0 Å². The number of ether oxygens (including phenoxy) is 1. The van der Waals surface area contributed by atoms with Crippen LogP contribution in [0.1, 0.15) is 43.0 Å². The Labute approximate surface area is 200 Å². The molecule has 1 unspecified atom stereocenters. The van der Waals surface area contributed by atoms with Crippen LogP contribution in [0.2, 0.25) is 0 Å². The second-order valence-corrected chi connectivity index (χ2v) is 12.6. The molecule has 3 aromatic rings. The molecule has 2 aromatic carbocycles. The van der Waals surface area contributed by atoms with E-state index in [0.29, 0.717) is 23.6 Å². The standard InChI is InChI=1S/C26H29N3O2S2/c1-17(2)31-24-11-8-18(14-19(24)15-27)26-29-16-25(32-26)22-7-5-6-21-20(22)9-10-23(21)28-12-13-33(3,4)30/h5-8,11,14,16-17,23,28H,3,9-10,12-13H2,1-2,4H3/t23-,33?/m0/s1. The highest BCUT2D eigenvalue weighted by Crippen LogP contribution is 2.41. The molecule has 1 heterocycles. The molecule has 1 aliphatic rings. The van der Waals surface area contributed by atoms with Crippen LogP contribution in [0.5, 0.6) is 5.75 Å². The number of nitrogens with one attached hydrogen (secondary N) is 1. The van der Waals surface area contributed by atoms with Crippen LogP contribution < -0.4 is 10.1 Å². The molecular weight excluding hydrogens is 450 g/mol.